The summed E-state index contributed by atoms with van der Waals surface area (Å²) in [7, 11) is 3.19. The second kappa shape index (κ2) is 14.6. The lowest BCUT2D eigenvalue weighted by Crippen LogP contribution is -2.47. The van der Waals surface area contributed by atoms with E-state index in [0.717, 1.165) is 38.4 Å². The van der Waals surface area contributed by atoms with Crippen molar-refractivity contribution >= 4 is 23.6 Å². The molecule has 11 nitrogen and oxygen atoms in total. The minimum absolute atomic E-state index is 0.0136. The van der Waals surface area contributed by atoms with Crippen LogP contribution in [0, 0.1) is 0 Å². The molecular weight excluding hydrogens is 526 g/mol. The first-order valence-electron chi connectivity index (χ1n) is 14.0. The summed E-state index contributed by atoms with van der Waals surface area (Å²) in [5, 5.41) is 5.69. The molecule has 2 N–H and O–H groups in total. The van der Waals surface area contributed by atoms with Crippen LogP contribution in [0.3, 0.4) is 0 Å². The van der Waals surface area contributed by atoms with Gasteiger partial charge < -0.3 is 29.9 Å². The fraction of sp³-hybridized carbons (Fsp3) is 0.467. The summed E-state index contributed by atoms with van der Waals surface area (Å²) in [4.78, 5) is 57.0. The fourth-order valence-corrected chi connectivity index (χ4v) is 4.66. The van der Waals surface area contributed by atoms with Crippen LogP contribution >= 0.6 is 0 Å². The van der Waals surface area contributed by atoms with E-state index in [2.05, 4.69) is 15.5 Å². The zero-order valence-corrected chi connectivity index (χ0v) is 23.8. The van der Waals surface area contributed by atoms with Crippen LogP contribution in [0.4, 0.5) is 0 Å². The van der Waals surface area contributed by atoms with Gasteiger partial charge in [0.25, 0.3) is 5.91 Å². The summed E-state index contributed by atoms with van der Waals surface area (Å²) < 4.78 is 11.2. The molecule has 2 aromatic rings. The van der Waals surface area contributed by atoms with Crippen LogP contribution in [0.1, 0.15) is 34.3 Å². The minimum atomic E-state index is -0.961. The standard InChI is InChI=1S/C30H39N5O6/c1-33-13-18-41-26-6-4-3-5-24(26)29(38)32-25(11-12-27(36)34(2)21-28(33)37)30(39)31-19-22-7-9-23(10-8-22)20-35-14-16-40-17-15-35/h3-10,25H,11-21H2,1-2H3,(H,31,39)(H,32,38)/t25-/m0/s1. The normalized spacial score (nSPS) is 19.9. The number of benzene rings is 2. The van der Waals surface area contributed by atoms with Crippen molar-refractivity contribution < 1.29 is 28.7 Å². The van der Waals surface area contributed by atoms with E-state index in [1.807, 2.05) is 24.3 Å². The molecule has 1 fully saturated rings. The largest absolute Gasteiger partial charge is 0.491 e. The van der Waals surface area contributed by atoms with Gasteiger partial charge in [-0.15, -0.1) is 0 Å². The fourth-order valence-electron chi connectivity index (χ4n) is 4.66. The average molecular weight is 566 g/mol. The first-order chi connectivity index (χ1) is 19.8. The molecule has 2 aromatic carbocycles. The summed E-state index contributed by atoms with van der Waals surface area (Å²) in [5.41, 5.74) is 2.38. The van der Waals surface area contributed by atoms with Crippen LogP contribution in [-0.4, -0.2) is 104 Å². The van der Waals surface area contributed by atoms with Crippen LogP contribution in [0.2, 0.25) is 0 Å². The molecule has 4 amide bonds. The molecule has 0 bridgehead atoms. The molecule has 0 aromatic heterocycles. The van der Waals surface area contributed by atoms with Crippen LogP contribution in [0.25, 0.3) is 0 Å². The predicted molar refractivity (Wildman–Crippen MR) is 152 cm³/mol. The zero-order valence-electron chi connectivity index (χ0n) is 23.8. The number of likely N-dealkylation sites (N-methyl/N-ethyl adjacent to an activating group) is 2. The van der Waals surface area contributed by atoms with Gasteiger partial charge in [-0.2, -0.15) is 0 Å². The summed E-state index contributed by atoms with van der Waals surface area (Å²) >= 11 is 0. The van der Waals surface area contributed by atoms with E-state index in [4.69, 9.17) is 9.47 Å². The predicted octanol–water partition coefficient (Wildman–Crippen LogP) is 1.02. The highest BCUT2D eigenvalue weighted by Gasteiger charge is 2.26. The van der Waals surface area contributed by atoms with Crippen LogP contribution < -0.4 is 15.4 Å². The number of carbonyl (C=O) groups is 4. The Morgan fingerprint density at radius 2 is 1.61 bits per heavy atom. The molecule has 0 saturated carbocycles. The highest BCUT2D eigenvalue weighted by Crippen LogP contribution is 2.19. The second-order valence-corrected chi connectivity index (χ2v) is 10.4. The van der Waals surface area contributed by atoms with Gasteiger partial charge >= 0.3 is 0 Å². The lowest BCUT2D eigenvalue weighted by molar-refractivity contribution is -0.139. The van der Waals surface area contributed by atoms with E-state index in [-0.39, 0.29) is 56.5 Å². The number of morpholine rings is 1. The third-order valence-electron chi connectivity index (χ3n) is 7.31. The SMILES string of the molecule is CN1CCOc2ccccc2C(=O)N[C@H](C(=O)NCc2ccc(CN3CCOCC3)cc2)CCC(=O)N(C)CC1=O. The van der Waals surface area contributed by atoms with Crippen molar-refractivity contribution in [1.82, 2.24) is 25.3 Å². The van der Waals surface area contributed by atoms with Crippen molar-refractivity contribution in [3.63, 3.8) is 0 Å². The highest BCUT2D eigenvalue weighted by atomic mass is 16.5. The molecule has 0 unspecified atom stereocenters. The molecule has 2 aliphatic rings. The Hall–Kier alpha value is -3.96. The van der Waals surface area contributed by atoms with E-state index >= 15 is 0 Å². The van der Waals surface area contributed by atoms with E-state index in [9.17, 15) is 19.2 Å². The molecule has 0 spiro atoms. The van der Waals surface area contributed by atoms with Crippen molar-refractivity contribution in [2.45, 2.75) is 32.0 Å². The van der Waals surface area contributed by atoms with E-state index in [1.54, 1.807) is 38.4 Å². The molecule has 2 aliphatic heterocycles. The summed E-state index contributed by atoms with van der Waals surface area (Å²) in [6.07, 6.45) is 0.0620. The number of nitrogens with one attached hydrogen (secondary N) is 2. The van der Waals surface area contributed by atoms with Crippen molar-refractivity contribution in [3.05, 3.63) is 65.2 Å². The summed E-state index contributed by atoms with van der Waals surface area (Å²) in [6.45, 7) is 4.80. The van der Waals surface area contributed by atoms with E-state index in [1.165, 1.54) is 15.4 Å². The van der Waals surface area contributed by atoms with Crippen molar-refractivity contribution in [3.8, 4) is 5.75 Å². The van der Waals surface area contributed by atoms with Gasteiger partial charge in [0.2, 0.25) is 17.7 Å². The topological polar surface area (TPSA) is 121 Å². The lowest BCUT2D eigenvalue weighted by Gasteiger charge is -2.26. The average Bonchev–Trinajstić information content (AvgIpc) is 2.98. The molecule has 0 radical (unpaired) electrons. The lowest BCUT2D eigenvalue weighted by atomic mass is 10.1. The first kappa shape index (κ1) is 30.0. The third-order valence-corrected chi connectivity index (χ3v) is 7.31. The Bertz CT molecular complexity index is 1210. The van der Waals surface area contributed by atoms with E-state index < -0.39 is 17.9 Å². The number of carbonyl (C=O) groups excluding carboxylic acids is 4. The molecule has 2 heterocycles. The van der Waals surface area contributed by atoms with Gasteiger partial charge in [0, 0.05) is 46.7 Å². The molecule has 0 aliphatic carbocycles. The maximum atomic E-state index is 13.3. The zero-order chi connectivity index (χ0) is 29.2. The maximum Gasteiger partial charge on any atom is 0.255 e. The smallest absolute Gasteiger partial charge is 0.255 e. The number of nitrogens with zero attached hydrogens (tertiary/aromatic N) is 3. The monoisotopic (exact) mass is 565 g/mol. The van der Waals surface area contributed by atoms with Gasteiger partial charge in [-0.3, -0.25) is 24.1 Å². The number of amides is 4. The van der Waals surface area contributed by atoms with Gasteiger partial charge in [0.05, 0.1) is 31.9 Å². The molecule has 11 heteroatoms. The minimum Gasteiger partial charge on any atom is -0.491 e. The number of hydrogen-bond acceptors (Lipinski definition) is 7. The molecule has 41 heavy (non-hydrogen) atoms. The highest BCUT2D eigenvalue weighted by molar-refractivity contribution is 5.99. The number of fused-ring (bicyclic) bond motifs is 1. The van der Waals surface area contributed by atoms with Crippen molar-refractivity contribution in [2.24, 2.45) is 0 Å². The Balaban J connectivity index is 1.43. The quantitative estimate of drug-likeness (QED) is 0.556. The maximum absolute atomic E-state index is 13.3. The third kappa shape index (κ3) is 8.76. The van der Waals surface area contributed by atoms with Gasteiger partial charge in [0.1, 0.15) is 18.4 Å². The Morgan fingerprint density at radius 3 is 2.37 bits per heavy atom. The number of rotatable bonds is 5. The van der Waals surface area contributed by atoms with Gasteiger partial charge in [-0.1, -0.05) is 36.4 Å². The van der Waals surface area contributed by atoms with Crippen LogP contribution in [0.15, 0.2) is 48.5 Å². The first-order valence-corrected chi connectivity index (χ1v) is 14.0. The number of hydrogen-bond donors (Lipinski definition) is 2. The molecule has 4 rings (SSSR count). The molecular formula is C30H39N5O6. The van der Waals surface area contributed by atoms with Gasteiger partial charge in [-0.05, 0) is 29.7 Å². The van der Waals surface area contributed by atoms with E-state index in [0.29, 0.717) is 5.75 Å². The summed E-state index contributed by atoms with van der Waals surface area (Å²) in [5.74, 6) is -1.04. The van der Waals surface area contributed by atoms with Gasteiger partial charge in [-0.25, -0.2) is 0 Å². The second-order valence-electron chi connectivity index (χ2n) is 10.4. The summed E-state index contributed by atoms with van der Waals surface area (Å²) in [6, 6.07) is 13.8. The van der Waals surface area contributed by atoms with Crippen LogP contribution in [0.5, 0.6) is 5.75 Å². The number of para-hydroxylation sites is 1. The number of ether oxygens (including phenoxy) is 2. The van der Waals surface area contributed by atoms with Crippen LogP contribution in [-0.2, 0) is 32.2 Å². The Labute approximate surface area is 240 Å². The Morgan fingerprint density at radius 1 is 0.902 bits per heavy atom. The molecule has 1 atom stereocenters. The van der Waals surface area contributed by atoms with Gasteiger partial charge in [0.15, 0.2) is 0 Å². The molecule has 1 saturated heterocycles. The van der Waals surface area contributed by atoms with Crippen molar-refractivity contribution in [1.29, 1.82) is 0 Å². The Kier molecular flexibility index (Phi) is 10.7. The van der Waals surface area contributed by atoms with Crippen molar-refractivity contribution in [2.75, 3.05) is 60.1 Å². The molecule has 220 valence electrons.